The molecule has 2 aromatic rings. The van der Waals surface area contributed by atoms with Gasteiger partial charge in [0.05, 0.1) is 5.71 Å². The Morgan fingerprint density at radius 2 is 1.73 bits per heavy atom. The summed E-state index contributed by atoms with van der Waals surface area (Å²) in [4.78, 5) is 12.0. The minimum absolute atomic E-state index is 0.238. The number of nitrogens with zero attached hydrogens (tertiary/aromatic N) is 1. The average molecular weight is 296 g/mol. The molecule has 112 valence electrons. The smallest absolute Gasteiger partial charge is 0.271 e. The van der Waals surface area contributed by atoms with E-state index in [2.05, 4.69) is 10.5 Å². The van der Waals surface area contributed by atoms with Gasteiger partial charge in [-0.1, -0.05) is 18.2 Å². The second-order valence-corrected chi connectivity index (χ2v) is 4.86. The van der Waals surface area contributed by atoms with Gasteiger partial charge in [-0.2, -0.15) is 5.10 Å². The summed E-state index contributed by atoms with van der Waals surface area (Å²) < 4.78 is 11.0. The summed E-state index contributed by atoms with van der Waals surface area (Å²) in [5.74, 6) is 1.20. The van der Waals surface area contributed by atoms with E-state index >= 15 is 0 Å². The van der Waals surface area contributed by atoms with Crippen molar-refractivity contribution in [1.29, 1.82) is 0 Å². The van der Waals surface area contributed by atoms with E-state index in [0.29, 0.717) is 30.2 Å². The van der Waals surface area contributed by atoms with Gasteiger partial charge in [0.1, 0.15) is 13.2 Å². The third-order valence-corrected chi connectivity index (χ3v) is 3.32. The zero-order valence-electron chi connectivity index (χ0n) is 12.2. The van der Waals surface area contributed by atoms with Crippen molar-refractivity contribution in [2.75, 3.05) is 13.2 Å². The SMILES string of the molecule is C/C(=N/NC(=O)c1ccccc1)c1ccc2c(c1)OCCO2. The van der Waals surface area contributed by atoms with E-state index in [1.165, 1.54) is 0 Å². The zero-order valence-corrected chi connectivity index (χ0v) is 12.2. The lowest BCUT2D eigenvalue weighted by Gasteiger charge is -2.18. The fourth-order valence-electron chi connectivity index (χ4n) is 2.12. The van der Waals surface area contributed by atoms with Crippen molar-refractivity contribution in [1.82, 2.24) is 5.43 Å². The quantitative estimate of drug-likeness (QED) is 0.699. The average Bonchev–Trinajstić information content (AvgIpc) is 2.59. The summed E-state index contributed by atoms with van der Waals surface area (Å²) in [5, 5.41) is 4.14. The molecule has 0 bridgehead atoms. The molecule has 0 aliphatic carbocycles. The van der Waals surface area contributed by atoms with Crippen LogP contribution in [-0.2, 0) is 0 Å². The molecule has 0 spiro atoms. The number of hydrogen-bond donors (Lipinski definition) is 1. The first-order chi connectivity index (χ1) is 10.7. The number of ether oxygens (including phenoxy) is 2. The third-order valence-electron chi connectivity index (χ3n) is 3.32. The molecule has 0 atom stereocenters. The summed E-state index contributed by atoms with van der Waals surface area (Å²) in [6.45, 7) is 2.93. The lowest BCUT2D eigenvalue weighted by molar-refractivity contribution is 0.0955. The number of benzene rings is 2. The molecule has 5 nitrogen and oxygen atoms in total. The van der Waals surface area contributed by atoms with Crippen LogP contribution in [0.25, 0.3) is 0 Å². The Morgan fingerprint density at radius 1 is 1.00 bits per heavy atom. The van der Waals surface area contributed by atoms with E-state index in [4.69, 9.17) is 9.47 Å². The van der Waals surface area contributed by atoms with Crippen LogP contribution in [0.1, 0.15) is 22.8 Å². The Morgan fingerprint density at radius 3 is 2.50 bits per heavy atom. The number of rotatable bonds is 3. The van der Waals surface area contributed by atoms with E-state index in [9.17, 15) is 4.79 Å². The fourth-order valence-corrected chi connectivity index (χ4v) is 2.12. The standard InChI is InChI=1S/C17H16N2O3/c1-12(18-19-17(20)13-5-3-2-4-6-13)14-7-8-15-16(11-14)22-10-9-21-15/h2-8,11H,9-10H2,1H3,(H,19,20)/b18-12-. The number of nitrogens with one attached hydrogen (secondary N) is 1. The molecule has 1 heterocycles. The van der Waals surface area contributed by atoms with E-state index < -0.39 is 0 Å². The van der Waals surface area contributed by atoms with Crippen molar-refractivity contribution in [3.05, 3.63) is 59.7 Å². The van der Waals surface area contributed by atoms with Crippen molar-refractivity contribution in [3.8, 4) is 11.5 Å². The van der Waals surface area contributed by atoms with Crippen molar-refractivity contribution in [3.63, 3.8) is 0 Å². The van der Waals surface area contributed by atoms with Crippen LogP contribution in [0.5, 0.6) is 11.5 Å². The maximum atomic E-state index is 12.0. The maximum Gasteiger partial charge on any atom is 0.271 e. The third kappa shape index (κ3) is 3.09. The number of carbonyl (C=O) groups is 1. The molecule has 3 rings (SSSR count). The van der Waals surface area contributed by atoms with Gasteiger partial charge in [0.25, 0.3) is 5.91 Å². The lowest BCUT2D eigenvalue weighted by atomic mass is 10.1. The molecule has 1 aliphatic rings. The summed E-state index contributed by atoms with van der Waals surface area (Å²) in [6.07, 6.45) is 0. The van der Waals surface area contributed by atoms with Crippen LogP contribution in [-0.4, -0.2) is 24.8 Å². The Balaban J connectivity index is 1.73. The van der Waals surface area contributed by atoms with E-state index in [1.54, 1.807) is 12.1 Å². The van der Waals surface area contributed by atoms with E-state index in [1.807, 2.05) is 43.3 Å². The predicted octanol–water partition coefficient (Wildman–Crippen LogP) is 2.61. The monoisotopic (exact) mass is 296 g/mol. The maximum absolute atomic E-state index is 12.0. The van der Waals surface area contributed by atoms with Gasteiger partial charge in [-0.15, -0.1) is 0 Å². The van der Waals surface area contributed by atoms with Gasteiger partial charge in [-0.3, -0.25) is 4.79 Å². The van der Waals surface area contributed by atoms with Gasteiger partial charge in [-0.05, 0) is 37.3 Å². The topological polar surface area (TPSA) is 59.9 Å². The van der Waals surface area contributed by atoms with Gasteiger partial charge in [0.15, 0.2) is 11.5 Å². The Bertz CT molecular complexity index is 711. The molecule has 0 saturated carbocycles. The normalized spacial score (nSPS) is 13.6. The molecule has 0 fully saturated rings. The van der Waals surface area contributed by atoms with Crippen LogP contribution < -0.4 is 14.9 Å². The summed E-state index contributed by atoms with van der Waals surface area (Å²) in [7, 11) is 0. The molecular formula is C17H16N2O3. The highest BCUT2D eigenvalue weighted by Gasteiger charge is 2.12. The molecule has 5 heteroatoms. The van der Waals surface area contributed by atoms with Crippen LogP contribution in [0, 0.1) is 0 Å². The van der Waals surface area contributed by atoms with Crippen LogP contribution in [0.3, 0.4) is 0 Å². The molecule has 22 heavy (non-hydrogen) atoms. The van der Waals surface area contributed by atoms with Gasteiger partial charge in [-0.25, -0.2) is 5.43 Å². The molecule has 1 aliphatic heterocycles. The molecule has 2 aromatic carbocycles. The Labute approximate surface area is 128 Å². The summed E-state index contributed by atoms with van der Waals surface area (Å²) in [6, 6.07) is 14.6. The lowest BCUT2D eigenvalue weighted by Crippen LogP contribution is -2.19. The van der Waals surface area contributed by atoms with Crippen LogP contribution in [0.15, 0.2) is 53.6 Å². The van der Waals surface area contributed by atoms with Gasteiger partial charge in [0.2, 0.25) is 0 Å². The van der Waals surface area contributed by atoms with E-state index in [0.717, 1.165) is 11.3 Å². The van der Waals surface area contributed by atoms with Crippen molar-refractivity contribution in [2.24, 2.45) is 5.10 Å². The fraction of sp³-hybridized carbons (Fsp3) is 0.176. The van der Waals surface area contributed by atoms with Gasteiger partial charge >= 0.3 is 0 Å². The molecule has 0 saturated heterocycles. The highest BCUT2D eigenvalue weighted by Crippen LogP contribution is 2.30. The number of carbonyl (C=O) groups excluding carboxylic acids is 1. The minimum Gasteiger partial charge on any atom is -0.486 e. The molecule has 1 amide bonds. The molecule has 0 aromatic heterocycles. The largest absolute Gasteiger partial charge is 0.486 e. The molecule has 1 N–H and O–H groups in total. The summed E-state index contributed by atoms with van der Waals surface area (Å²) >= 11 is 0. The first-order valence-electron chi connectivity index (χ1n) is 7.04. The van der Waals surface area contributed by atoms with E-state index in [-0.39, 0.29) is 5.91 Å². The first kappa shape index (κ1) is 14.1. The van der Waals surface area contributed by atoms with Crippen LogP contribution in [0.2, 0.25) is 0 Å². The Kier molecular flexibility index (Phi) is 4.05. The van der Waals surface area contributed by atoms with Gasteiger partial charge in [0, 0.05) is 11.1 Å². The second-order valence-electron chi connectivity index (χ2n) is 4.86. The predicted molar refractivity (Wildman–Crippen MR) is 83.6 cm³/mol. The number of hydrazone groups is 1. The molecule has 0 radical (unpaired) electrons. The van der Waals surface area contributed by atoms with Crippen LogP contribution >= 0.6 is 0 Å². The second kappa shape index (κ2) is 6.30. The highest BCUT2D eigenvalue weighted by molar-refractivity contribution is 6.01. The van der Waals surface area contributed by atoms with Crippen molar-refractivity contribution in [2.45, 2.75) is 6.92 Å². The molecule has 0 unspecified atom stereocenters. The zero-order chi connectivity index (χ0) is 15.4. The molecular weight excluding hydrogens is 280 g/mol. The number of fused-ring (bicyclic) bond motifs is 1. The number of amides is 1. The van der Waals surface area contributed by atoms with Crippen molar-refractivity contribution < 1.29 is 14.3 Å². The Hall–Kier alpha value is -2.82. The summed E-state index contributed by atoms with van der Waals surface area (Å²) in [5.41, 5.74) is 4.69. The first-order valence-corrected chi connectivity index (χ1v) is 7.04. The minimum atomic E-state index is -0.238. The number of hydrogen-bond acceptors (Lipinski definition) is 4. The van der Waals surface area contributed by atoms with Crippen LogP contribution in [0.4, 0.5) is 0 Å². The van der Waals surface area contributed by atoms with Crippen molar-refractivity contribution >= 4 is 11.6 Å². The van der Waals surface area contributed by atoms with Gasteiger partial charge < -0.3 is 9.47 Å². The highest BCUT2D eigenvalue weighted by atomic mass is 16.6.